The smallest absolute Gasteiger partial charge is 0.168 e. The summed E-state index contributed by atoms with van der Waals surface area (Å²) >= 11 is 0. The average molecular weight is 279 g/mol. The largest absolute Gasteiger partial charge is 0.494 e. The van der Waals surface area contributed by atoms with Gasteiger partial charge in [-0.05, 0) is 61.1 Å². The first kappa shape index (κ1) is 15.3. The third-order valence-corrected chi connectivity index (χ3v) is 4.72. The Labute approximate surface area is 121 Å². The number of methoxy groups -OCH3 is 1. The van der Waals surface area contributed by atoms with E-state index in [1.165, 1.54) is 13.5 Å². The fourth-order valence-electron chi connectivity index (χ4n) is 3.49. The lowest BCUT2D eigenvalue weighted by atomic mass is 9.65. The Balaban J connectivity index is 2.18. The maximum absolute atomic E-state index is 14.3. The van der Waals surface area contributed by atoms with Crippen LogP contribution in [0, 0.1) is 23.1 Å². The van der Waals surface area contributed by atoms with Crippen molar-refractivity contribution >= 4 is 0 Å². The number of halogens is 1. The fourth-order valence-corrected chi connectivity index (χ4v) is 3.49. The molecule has 0 saturated heterocycles. The summed E-state index contributed by atoms with van der Waals surface area (Å²) in [6, 6.07) is 5.40. The van der Waals surface area contributed by atoms with E-state index in [0.29, 0.717) is 29.5 Å². The average Bonchev–Trinajstić information content (AvgIpc) is 2.40. The van der Waals surface area contributed by atoms with E-state index >= 15 is 0 Å². The van der Waals surface area contributed by atoms with Gasteiger partial charge in [-0.2, -0.15) is 0 Å². The van der Waals surface area contributed by atoms with Crippen LogP contribution in [0.25, 0.3) is 0 Å². The summed E-state index contributed by atoms with van der Waals surface area (Å²) in [7, 11) is 1.51. The Morgan fingerprint density at radius 1 is 1.35 bits per heavy atom. The monoisotopic (exact) mass is 279 g/mol. The Hall–Kier alpha value is -1.09. The first-order valence-electron chi connectivity index (χ1n) is 7.48. The van der Waals surface area contributed by atoms with Gasteiger partial charge in [-0.15, -0.1) is 0 Å². The molecule has 1 aliphatic carbocycles. The molecule has 0 aromatic heterocycles. The molecule has 0 spiro atoms. The van der Waals surface area contributed by atoms with E-state index in [-0.39, 0.29) is 5.82 Å². The van der Waals surface area contributed by atoms with Crippen LogP contribution in [0.3, 0.4) is 0 Å². The molecule has 0 bridgehead atoms. The topological polar surface area (TPSA) is 35.2 Å². The second-order valence-corrected chi connectivity index (χ2v) is 6.80. The van der Waals surface area contributed by atoms with E-state index in [1.54, 1.807) is 6.07 Å². The van der Waals surface area contributed by atoms with Crippen molar-refractivity contribution in [3.05, 3.63) is 29.6 Å². The maximum atomic E-state index is 14.3. The van der Waals surface area contributed by atoms with Crippen LogP contribution >= 0.6 is 0 Å². The van der Waals surface area contributed by atoms with Gasteiger partial charge < -0.3 is 10.5 Å². The minimum atomic E-state index is -0.214. The fraction of sp³-hybridized carbons (Fsp3) is 0.647. The van der Waals surface area contributed by atoms with E-state index in [2.05, 4.69) is 13.8 Å². The summed E-state index contributed by atoms with van der Waals surface area (Å²) in [5.74, 6) is 1.09. The van der Waals surface area contributed by atoms with E-state index in [4.69, 9.17) is 10.5 Å². The second kappa shape index (κ2) is 6.13. The number of nitrogens with two attached hydrogens (primary N) is 1. The Kier molecular flexibility index (Phi) is 4.69. The molecule has 2 unspecified atom stereocenters. The van der Waals surface area contributed by atoms with E-state index in [9.17, 15) is 4.39 Å². The van der Waals surface area contributed by atoms with Crippen molar-refractivity contribution in [2.75, 3.05) is 13.7 Å². The predicted molar refractivity (Wildman–Crippen MR) is 80.3 cm³/mol. The third kappa shape index (κ3) is 3.32. The van der Waals surface area contributed by atoms with Crippen molar-refractivity contribution in [2.24, 2.45) is 23.0 Å². The number of benzene rings is 1. The molecular weight excluding hydrogens is 253 g/mol. The molecule has 1 saturated carbocycles. The SMILES string of the molecule is COc1cccc(CC2CC(C)(C)CCC2CN)c1F. The Morgan fingerprint density at radius 2 is 2.10 bits per heavy atom. The molecule has 2 rings (SSSR count). The van der Waals surface area contributed by atoms with Gasteiger partial charge in [-0.3, -0.25) is 0 Å². The zero-order valence-electron chi connectivity index (χ0n) is 12.8. The van der Waals surface area contributed by atoms with Crippen LogP contribution < -0.4 is 10.5 Å². The van der Waals surface area contributed by atoms with Gasteiger partial charge in [-0.1, -0.05) is 26.0 Å². The summed E-state index contributed by atoms with van der Waals surface area (Å²) in [5.41, 5.74) is 7.01. The molecule has 1 aromatic rings. The molecule has 0 heterocycles. The molecule has 1 aliphatic rings. The molecule has 20 heavy (non-hydrogen) atoms. The van der Waals surface area contributed by atoms with Crippen LogP contribution in [0.2, 0.25) is 0 Å². The van der Waals surface area contributed by atoms with Gasteiger partial charge in [0.25, 0.3) is 0 Å². The van der Waals surface area contributed by atoms with Crippen LogP contribution in [-0.4, -0.2) is 13.7 Å². The van der Waals surface area contributed by atoms with Crippen LogP contribution in [0.5, 0.6) is 5.75 Å². The Morgan fingerprint density at radius 3 is 2.75 bits per heavy atom. The highest BCUT2D eigenvalue weighted by atomic mass is 19.1. The highest BCUT2D eigenvalue weighted by Gasteiger charge is 2.34. The normalized spacial score (nSPS) is 25.4. The lowest BCUT2D eigenvalue weighted by Crippen LogP contribution is -2.35. The minimum Gasteiger partial charge on any atom is -0.494 e. The molecule has 1 fully saturated rings. The third-order valence-electron chi connectivity index (χ3n) is 4.72. The van der Waals surface area contributed by atoms with E-state index < -0.39 is 0 Å². The van der Waals surface area contributed by atoms with Gasteiger partial charge in [0, 0.05) is 0 Å². The van der Waals surface area contributed by atoms with Gasteiger partial charge >= 0.3 is 0 Å². The minimum absolute atomic E-state index is 0.214. The zero-order valence-corrected chi connectivity index (χ0v) is 12.8. The molecule has 1 aromatic carbocycles. The van der Waals surface area contributed by atoms with Gasteiger partial charge in [0.2, 0.25) is 0 Å². The van der Waals surface area contributed by atoms with Crippen LogP contribution in [0.15, 0.2) is 18.2 Å². The first-order chi connectivity index (χ1) is 9.46. The van der Waals surface area contributed by atoms with Crippen molar-refractivity contribution in [3.8, 4) is 5.75 Å². The standard InChI is InChI=1S/C17H26FNO/c1-17(2)8-7-13(11-19)14(10-17)9-12-5-4-6-15(20-3)16(12)18/h4-6,13-14H,7-11,19H2,1-3H3. The molecule has 0 radical (unpaired) electrons. The van der Waals surface area contributed by atoms with Crippen molar-refractivity contribution in [3.63, 3.8) is 0 Å². The van der Waals surface area contributed by atoms with Crippen molar-refractivity contribution in [1.29, 1.82) is 0 Å². The number of ether oxygens (including phenoxy) is 1. The molecule has 2 nitrogen and oxygen atoms in total. The lowest BCUT2D eigenvalue weighted by Gasteiger charge is -2.40. The van der Waals surface area contributed by atoms with Gasteiger partial charge in [0.05, 0.1) is 7.11 Å². The molecule has 2 atom stereocenters. The van der Waals surface area contributed by atoms with Gasteiger partial charge in [-0.25, -0.2) is 4.39 Å². The van der Waals surface area contributed by atoms with Crippen LogP contribution in [-0.2, 0) is 6.42 Å². The Bertz CT molecular complexity index is 458. The molecule has 0 aliphatic heterocycles. The molecule has 0 amide bonds. The number of hydrogen-bond donors (Lipinski definition) is 1. The van der Waals surface area contributed by atoms with E-state index in [0.717, 1.165) is 24.8 Å². The molecule has 112 valence electrons. The van der Waals surface area contributed by atoms with Gasteiger partial charge in [0.15, 0.2) is 11.6 Å². The maximum Gasteiger partial charge on any atom is 0.168 e. The molecule has 3 heteroatoms. The summed E-state index contributed by atoms with van der Waals surface area (Å²) in [6.45, 7) is 5.30. The van der Waals surface area contributed by atoms with Crippen LogP contribution in [0.1, 0.15) is 38.7 Å². The highest BCUT2D eigenvalue weighted by molar-refractivity contribution is 5.31. The first-order valence-corrected chi connectivity index (χ1v) is 7.48. The summed E-state index contributed by atoms with van der Waals surface area (Å²) in [4.78, 5) is 0. The van der Waals surface area contributed by atoms with Crippen molar-refractivity contribution < 1.29 is 9.13 Å². The quantitative estimate of drug-likeness (QED) is 0.910. The van der Waals surface area contributed by atoms with E-state index in [1.807, 2.05) is 12.1 Å². The van der Waals surface area contributed by atoms with Crippen molar-refractivity contribution in [1.82, 2.24) is 0 Å². The number of rotatable bonds is 4. The second-order valence-electron chi connectivity index (χ2n) is 6.80. The summed E-state index contributed by atoms with van der Waals surface area (Å²) in [5, 5.41) is 0. The summed E-state index contributed by atoms with van der Waals surface area (Å²) < 4.78 is 19.4. The van der Waals surface area contributed by atoms with Crippen LogP contribution in [0.4, 0.5) is 4.39 Å². The summed E-state index contributed by atoms with van der Waals surface area (Å²) in [6.07, 6.45) is 4.24. The molecular formula is C17H26FNO. The van der Waals surface area contributed by atoms with Crippen molar-refractivity contribution in [2.45, 2.75) is 39.5 Å². The predicted octanol–water partition coefficient (Wildman–Crippen LogP) is 3.78. The number of hydrogen-bond acceptors (Lipinski definition) is 2. The highest BCUT2D eigenvalue weighted by Crippen LogP contribution is 2.43. The zero-order chi connectivity index (χ0) is 14.8. The molecule has 2 N–H and O–H groups in total. The lowest BCUT2D eigenvalue weighted by molar-refractivity contribution is 0.121. The van der Waals surface area contributed by atoms with Gasteiger partial charge in [0.1, 0.15) is 0 Å².